The largest absolute Gasteiger partial charge is 0.392 e. The third-order valence-electron chi connectivity index (χ3n) is 3.25. The Morgan fingerprint density at radius 2 is 1.95 bits per heavy atom. The number of aryl methyl sites for hydroxylation is 2. The Hall–Kier alpha value is -0.990. The minimum absolute atomic E-state index is 0.0509. The number of sulfonamides is 1. The summed E-state index contributed by atoms with van der Waals surface area (Å²) in [6.45, 7) is 6.79. The molecule has 0 atom stereocenters. The maximum Gasteiger partial charge on any atom is 0.246 e. The van der Waals surface area contributed by atoms with Crippen LogP contribution in [0.5, 0.6) is 0 Å². The number of thiocarbonyl (C=S) groups is 1. The Kier molecular flexibility index (Phi) is 4.70. The third kappa shape index (κ3) is 2.96. The summed E-state index contributed by atoms with van der Waals surface area (Å²) in [5.74, 6) is 0.244. The first-order valence-corrected chi connectivity index (χ1v) is 7.86. The molecule has 1 aromatic rings. The fourth-order valence-electron chi connectivity index (χ4n) is 1.96. The van der Waals surface area contributed by atoms with Crippen molar-refractivity contribution in [2.24, 2.45) is 5.73 Å². The van der Waals surface area contributed by atoms with E-state index in [-0.39, 0.29) is 15.6 Å². The van der Waals surface area contributed by atoms with Gasteiger partial charge < -0.3 is 10.3 Å². The van der Waals surface area contributed by atoms with Crippen LogP contribution in [0.4, 0.5) is 0 Å². The van der Waals surface area contributed by atoms with Gasteiger partial charge in [-0.05, 0) is 26.7 Å². The quantitative estimate of drug-likeness (QED) is 0.771. The van der Waals surface area contributed by atoms with E-state index in [0.29, 0.717) is 18.5 Å². The molecule has 0 unspecified atom stereocenters. The Balaban J connectivity index is 3.27. The number of nitrogens with one attached hydrogen (secondary N) is 1. The van der Waals surface area contributed by atoms with Crippen LogP contribution in [-0.2, 0) is 10.0 Å². The van der Waals surface area contributed by atoms with Crippen molar-refractivity contribution < 1.29 is 12.9 Å². The van der Waals surface area contributed by atoms with Gasteiger partial charge in [0.05, 0.1) is 10.5 Å². The average molecular weight is 305 g/mol. The Labute approximate surface area is 118 Å². The molecular formula is C11H19N3O3S2. The normalized spacial score (nSPS) is 12.6. The summed E-state index contributed by atoms with van der Waals surface area (Å²) < 4.78 is 32.4. The lowest BCUT2D eigenvalue weighted by molar-refractivity contribution is 0.390. The molecule has 0 saturated carbocycles. The standard InChI is InChI=1S/C11H19N3O3S2/c1-5-11(6-2,10(12)18)14-19(15,16)9-7(3)13-17-8(9)4/h14H,5-6H2,1-4H3,(H2,12,18). The summed E-state index contributed by atoms with van der Waals surface area (Å²) in [6.07, 6.45) is 0.947. The van der Waals surface area contributed by atoms with Crippen LogP contribution in [0.2, 0.25) is 0 Å². The predicted octanol–water partition coefficient (Wildman–Crippen LogP) is 1.41. The molecule has 0 amide bonds. The van der Waals surface area contributed by atoms with Gasteiger partial charge in [-0.25, -0.2) is 8.42 Å². The first-order chi connectivity index (χ1) is 8.70. The van der Waals surface area contributed by atoms with Gasteiger partial charge in [-0.1, -0.05) is 31.2 Å². The second kappa shape index (κ2) is 5.56. The van der Waals surface area contributed by atoms with Crippen molar-refractivity contribution in [2.75, 3.05) is 0 Å². The van der Waals surface area contributed by atoms with Gasteiger partial charge >= 0.3 is 0 Å². The highest BCUT2D eigenvalue weighted by Gasteiger charge is 2.37. The summed E-state index contributed by atoms with van der Waals surface area (Å²) in [5.41, 5.74) is 5.08. The lowest BCUT2D eigenvalue weighted by Gasteiger charge is -2.31. The van der Waals surface area contributed by atoms with Gasteiger partial charge in [0, 0.05) is 0 Å². The van der Waals surface area contributed by atoms with Crippen molar-refractivity contribution in [3.63, 3.8) is 0 Å². The van der Waals surface area contributed by atoms with E-state index >= 15 is 0 Å². The molecule has 1 heterocycles. The van der Waals surface area contributed by atoms with E-state index in [1.54, 1.807) is 13.8 Å². The Bertz CT molecular complexity index is 555. The van der Waals surface area contributed by atoms with Crippen LogP contribution in [0.1, 0.15) is 38.1 Å². The van der Waals surface area contributed by atoms with Crippen molar-refractivity contribution in [2.45, 2.75) is 51.0 Å². The van der Waals surface area contributed by atoms with Gasteiger partial charge in [0.25, 0.3) is 0 Å². The van der Waals surface area contributed by atoms with E-state index in [9.17, 15) is 8.42 Å². The highest BCUT2D eigenvalue weighted by atomic mass is 32.2. The molecule has 1 rings (SSSR count). The van der Waals surface area contributed by atoms with E-state index in [1.807, 2.05) is 13.8 Å². The number of hydrogen-bond acceptors (Lipinski definition) is 5. The zero-order chi connectivity index (χ0) is 14.8. The molecule has 6 nitrogen and oxygen atoms in total. The number of nitrogens with two attached hydrogens (primary N) is 1. The fraction of sp³-hybridized carbons (Fsp3) is 0.636. The molecule has 0 fully saturated rings. The van der Waals surface area contributed by atoms with Crippen LogP contribution in [0.25, 0.3) is 0 Å². The summed E-state index contributed by atoms with van der Waals surface area (Å²) in [7, 11) is -3.78. The first kappa shape index (κ1) is 16.1. The molecule has 108 valence electrons. The van der Waals surface area contributed by atoms with Gasteiger partial charge in [-0.15, -0.1) is 0 Å². The maximum atomic E-state index is 12.4. The summed E-state index contributed by atoms with van der Waals surface area (Å²) in [4.78, 5) is 0.183. The van der Waals surface area contributed by atoms with Crippen molar-refractivity contribution >= 4 is 27.2 Å². The second-order valence-electron chi connectivity index (χ2n) is 4.41. The summed E-state index contributed by atoms with van der Waals surface area (Å²) in [6, 6.07) is 0. The number of rotatable bonds is 6. The first-order valence-electron chi connectivity index (χ1n) is 5.97. The predicted molar refractivity (Wildman–Crippen MR) is 76.4 cm³/mol. The molecule has 3 N–H and O–H groups in total. The van der Waals surface area contributed by atoms with Crippen LogP contribution in [-0.4, -0.2) is 24.1 Å². The van der Waals surface area contributed by atoms with Crippen molar-refractivity contribution in [1.82, 2.24) is 9.88 Å². The minimum atomic E-state index is -3.78. The van der Waals surface area contributed by atoms with Gasteiger partial charge in [-0.3, -0.25) is 0 Å². The van der Waals surface area contributed by atoms with Crippen LogP contribution < -0.4 is 10.5 Å². The van der Waals surface area contributed by atoms with E-state index < -0.39 is 15.6 Å². The van der Waals surface area contributed by atoms with Gasteiger partial charge in [0.1, 0.15) is 10.6 Å². The van der Waals surface area contributed by atoms with Crippen molar-refractivity contribution in [3.8, 4) is 0 Å². The third-order valence-corrected chi connectivity index (χ3v) is 5.42. The molecule has 0 aromatic carbocycles. The minimum Gasteiger partial charge on any atom is -0.392 e. The van der Waals surface area contributed by atoms with Crippen LogP contribution in [0.3, 0.4) is 0 Å². The molecule has 0 aliphatic rings. The lowest BCUT2D eigenvalue weighted by Crippen LogP contribution is -2.55. The number of hydrogen-bond donors (Lipinski definition) is 2. The fourth-order valence-corrected chi connectivity index (χ4v) is 4.22. The molecule has 0 bridgehead atoms. The average Bonchev–Trinajstić information content (AvgIpc) is 2.66. The van der Waals surface area contributed by atoms with Gasteiger partial charge in [0.15, 0.2) is 5.76 Å². The highest BCUT2D eigenvalue weighted by molar-refractivity contribution is 7.89. The molecule has 8 heteroatoms. The number of nitrogens with zero attached hydrogens (tertiary/aromatic N) is 1. The number of aromatic nitrogens is 1. The smallest absolute Gasteiger partial charge is 0.246 e. The Morgan fingerprint density at radius 3 is 2.26 bits per heavy atom. The van der Waals surface area contributed by atoms with Crippen LogP contribution in [0.15, 0.2) is 9.42 Å². The van der Waals surface area contributed by atoms with E-state index in [0.717, 1.165) is 0 Å². The second-order valence-corrected chi connectivity index (χ2v) is 6.47. The Morgan fingerprint density at radius 1 is 1.42 bits per heavy atom. The lowest BCUT2D eigenvalue weighted by atomic mass is 9.94. The van der Waals surface area contributed by atoms with Crippen LogP contribution in [0, 0.1) is 13.8 Å². The molecular weight excluding hydrogens is 286 g/mol. The summed E-state index contributed by atoms with van der Waals surface area (Å²) >= 11 is 5.00. The van der Waals surface area contributed by atoms with Crippen molar-refractivity contribution in [1.29, 1.82) is 0 Å². The molecule has 0 aliphatic heterocycles. The van der Waals surface area contributed by atoms with E-state index in [4.69, 9.17) is 22.5 Å². The topological polar surface area (TPSA) is 98.2 Å². The molecule has 0 radical (unpaired) electrons. The SMILES string of the molecule is CCC(CC)(NS(=O)(=O)c1c(C)noc1C)C(N)=S. The van der Waals surface area contributed by atoms with Gasteiger partial charge in [-0.2, -0.15) is 4.72 Å². The van der Waals surface area contributed by atoms with Crippen molar-refractivity contribution in [3.05, 3.63) is 11.5 Å². The molecule has 0 spiro atoms. The summed E-state index contributed by atoms with van der Waals surface area (Å²) in [5, 5.41) is 3.65. The van der Waals surface area contributed by atoms with E-state index in [1.165, 1.54) is 0 Å². The molecule has 19 heavy (non-hydrogen) atoms. The monoisotopic (exact) mass is 305 g/mol. The maximum absolute atomic E-state index is 12.4. The molecule has 0 saturated heterocycles. The molecule has 0 aliphatic carbocycles. The van der Waals surface area contributed by atoms with E-state index in [2.05, 4.69) is 9.88 Å². The van der Waals surface area contributed by atoms with Crippen LogP contribution >= 0.6 is 12.2 Å². The molecule has 1 aromatic heterocycles. The zero-order valence-electron chi connectivity index (χ0n) is 11.5. The highest BCUT2D eigenvalue weighted by Crippen LogP contribution is 2.24. The zero-order valence-corrected chi connectivity index (χ0v) is 13.1. The van der Waals surface area contributed by atoms with Gasteiger partial charge in [0.2, 0.25) is 10.0 Å².